The maximum atomic E-state index is 2.46. The van der Waals surface area contributed by atoms with Crippen molar-refractivity contribution in [1.82, 2.24) is 0 Å². The van der Waals surface area contributed by atoms with E-state index in [0.29, 0.717) is 0 Å². The van der Waals surface area contributed by atoms with E-state index < -0.39 is 5.41 Å². The number of anilines is 3. The van der Waals surface area contributed by atoms with Gasteiger partial charge in [-0.2, -0.15) is 0 Å². The molecule has 0 saturated carbocycles. The van der Waals surface area contributed by atoms with Gasteiger partial charge in [0.15, 0.2) is 0 Å². The first-order chi connectivity index (χ1) is 25.8. The molecule has 0 aromatic heterocycles. The Kier molecular flexibility index (Phi) is 7.11. The second-order valence-corrected chi connectivity index (χ2v) is 13.7. The minimum atomic E-state index is -0.477. The lowest BCUT2D eigenvalue weighted by Gasteiger charge is -2.34. The molecular formula is C51H35N. The SMILES string of the molecule is c1ccc(-c2ccc(N(c3ccc4c(ccc5ccccc54)c3)c3cccc4c3-c3ccccc3C4(c3ccccc3)c3ccccc3)cc2)cc1. The Labute approximate surface area is 304 Å². The lowest BCUT2D eigenvalue weighted by Crippen LogP contribution is -2.28. The number of nitrogens with zero attached hydrogens (tertiary/aromatic N) is 1. The molecule has 0 amide bonds. The van der Waals surface area contributed by atoms with Gasteiger partial charge in [0.25, 0.3) is 0 Å². The predicted molar refractivity (Wildman–Crippen MR) is 219 cm³/mol. The van der Waals surface area contributed by atoms with Crippen LogP contribution in [0.25, 0.3) is 43.8 Å². The van der Waals surface area contributed by atoms with Crippen molar-refractivity contribution in [3.05, 3.63) is 235 Å². The van der Waals surface area contributed by atoms with Gasteiger partial charge in [0.1, 0.15) is 0 Å². The van der Waals surface area contributed by atoms with Crippen LogP contribution in [0, 0.1) is 0 Å². The summed E-state index contributed by atoms with van der Waals surface area (Å²) in [6.07, 6.45) is 0. The van der Waals surface area contributed by atoms with Gasteiger partial charge in [0, 0.05) is 16.9 Å². The van der Waals surface area contributed by atoms with Crippen molar-refractivity contribution in [2.75, 3.05) is 4.90 Å². The highest BCUT2D eigenvalue weighted by Gasteiger charge is 2.47. The molecule has 1 heteroatoms. The molecule has 0 radical (unpaired) electrons. The summed E-state index contributed by atoms with van der Waals surface area (Å²) in [4.78, 5) is 2.46. The lowest BCUT2D eigenvalue weighted by molar-refractivity contribution is 0.768. The number of fused-ring (bicyclic) bond motifs is 6. The maximum absolute atomic E-state index is 2.46. The zero-order valence-corrected chi connectivity index (χ0v) is 28.7. The van der Waals surface area contributed by atoms with E-state index in [2.05, 4.69) is 217 Å². The molecule has 1 aliphatic carbocycles. The second kappa shape index (κ2) is 12.3. The molecule has 1 nitrogen and oxygen atoms in total. The Balaban J connectivity index is 1.25. The molecule has 9 aromatic carbocycles. The predicted octanol–water partition coefficient (Wildman–Crippen LogP) is 13.5. The zero-order valence-electron chi connectivity index (χ0n) is 28.7. The van der Waals surface area contributed by atoms with Crippen LogP contribution < -0.4 is 4.90 Å². The Morgan fingerprint density at radius 2 is 0.904 bits per heavy atom. The van der Waals surface area contributed by atoms with Crippen LogP contribution in [0.5, 0.6) is 0 Å². The third-order valence-corrected chi connectivity index (χ3v) is 10.9. The average molecular weight is 662 g/mol. The van der Waals surface area contributed by atoms with E-state index in [4.69, 9.17) is 0 Å². The topological polar surface area (TPSA) is 3.24 Å². The van der Waals surface area contributed by atoms with Crippen LogP contribution in [0.3, 0.4) is 0 Å². The molecule has 0 fully saturated rings. The van der Waals surface area contributed by atoms with E-state index >= 15 is 0 Å². The monoisotopic (exact) mass is 661 g/mol. The Morgan fingerprint density at radius 3 is 1.65 bits per heavy atom. The van der Waals surface area contributed by atoms with E-state index in [1.54, 1.807) is 0 Å². The molecule has 0 heterocycles. The van der Waals surface area contributed by atoms with E-state index in [1.807, 2.05) is 0 Å². The van der Waals surface area contributed by atoms with Crippen molar-refractivity contribution in [3.8, 4) is 22.3 Å². The molecule has 244 valence electrons. The summed E-state index contributed by atoms with van der Waals surface area (Å²) < 4.78 is 0. The Bertz CT molecular complexity index is 2670. The fourth-order valence-corrected chi connectivity index (χ4v) is 8.66. The minimum Gasteiger partial charge on any atom is -0.310 e. The molecular weight excluding hydrogens is 627 g/mol. The molecule has 0 bridgehead atoms. The molecule has 0 spiro atoms. The van der Waals surface area contributed by atoms with Crippen molar-refractivity contribution in [2.45, 2.75) is 5.41 Å². The first-order valence-corrected chi connectivity index (χ1v) is 18.0. The smallest absolute Gasteiger partial charge is 0.0714 e. The number of rotatable bonds is 6. The van der Waals surface area contributed by atoms with Crippen molar-refractivity contribution in [1.29, 1.82) is 0 Å². The third-order valence-electron chi connectivity index (χ3n) is 10.9. The average Bonchev–Trinajstić information content (AvgIpc) is 3.54. The number of benzene rings is 9. The van der Waals surface area contributed by atoms with Gasteiger partial charge in [-0.05, 0) is 90.8 Å². The summed E-state index contributed by atoms with van der Waals surface area (Å²) >= 11 is 0. The highest BCUT2D eigenvalue weighted by Crippen LogP contribution is 2.59. The van der Waals surface area contributed by atoms with Crippen LogP contribution >= 0.6 is 0 Å². The largest absolute Gasteiger partial charge is 0.310 e. The van der Waals surface area contributed by atoms with Gasteiger partial charge in [-0.25, -0.2) is 0 Å². The van der Waals surface area contributed by atoms with Crippen LogP contribution in [-0.2, 0) is 5.41 Å². The molecule has 0 atom stereocenters. The van der Waals surface area contributed by atoms with E-state index in [-0.39, 0.29) is 0 Å². The van der Waals surface area contributed by atoms with Crippen LogP contribution in [0.4, 0.5) is 17.1 Å². The molecule has 0 aliphatic heterocycles. The summed E-state index contributed by atoms with van der Waals surface area (Å²) in [5, 5.41) is 5.01. The first-order valence-electron chi connectivity index (χ1n) is 18.0. The maximum Gasteiger partial charge on any atom is 0.0714 e. The molecule has 0 unspecified atom stereocenters. The van der Waals surface area contributed by atoms with E-state index in [9.17, 15) is 0 Å². The van der Waals surface area contributed by atoms with Gasteiger partial charge in [-0.15, -0.1) is 0 Å². The molecule has 52 heavy (non-hydrogen) atoms. The number of hydrogen-bond acceptors (Lipinski definition) is 1. The van der Waals surface area contributed by atoms with Crippen LogP contribution in [0.1, 0.15) is 22.3 Å². The molecule has 10 rings (SSSR count). The van der Waals surface area contributed by atoms with Crippen molar-refractivity contribution in [3.63, 3.8) is 0 Å². The Hall–Kier alpha value is -6.70. The third kappa shape index (κ3) is 4.63. The van der Waals surface area contributed by atoms with Gasteiger partial charge in [-0.1, -0.05) is 182 Å². The Morgan fingerprint density at radius 1 is 0.346 bits per heavy atom. The second-order valence-electron chi connectivity index (χ2n) is 13.7. The normalized spacial score (nSPS) is 12.8. The molecule has 1 aliphatic rings. The first kappa shape index (κ1) is 30.2. The van der Waals surface area contributed by atoms with Gasteiger partial charge in [0.05, 0.1) is 11.1 Å². The van der Waals surface area contributed by atoms with Crippen LogP contribution in [-0.4, -0.2) is 0 Å². The number of hydrogen-bond donors (Lipinski definition) is 0. The van der Waals surface area contributed by atoms with Gasteiger partial charge in [-0.3, -0.25) is 0 Å². The standard InChI is InChI=1S/C51H35N/c1-4-15-36(16-5-1)37-29-31-42(32-30-37)52(43-33-34-45-39(35-43)28-27-38-17-10-11-22-44(38)45)49-26-14-25-48-50(49)46-23-12-13-24-47(46)51(48,40-18-6-2-7-19-40)41-20-8-3-9-21-41/h1-35H. The van der Waals surface area contributed by atoms with Crippen LogP contribution in [0.15, 0.2) is 212 Å². The quantitative estimate of drug-likeness (QED) is 0.160. The minimum absolute atomic E-state index is 0.477. The van der Waals surface area contributed by atoms with Gasteiger partial charge in [0.2, 0.25) is 0 Å². The fourth-order valence-electron chi connectivity index (χ4n) is 8.66. The highest BCUT2D eigenvalue weighted by molar-refractivity contribution is 6.09. The molecule has 0 saturated heterocycles. The van der Waals surface area contributed by atoms with E-state index in [0.717, 1.165) is 17.1 Å². The molecule has 9 aromatic rings. The zero-order chi connectivity index (χ0) is 34.5. The van der Waals surface area contributed by atoms with Crippen molar-refractivity contribution < 1.29 is 0 Å². The van der Waals surface area contributed by atoms with Gasteiger partial charge < -0.3 is 4.90 Å². The van der Waals surface area contributed by atoms with Gasteiger partial charge >= 0.3 is 0 Å². The summed E-state index contributed by atoms with van der Waals surface area (Å²) in [5.41, 5.74) is 13.0. The van der Waals surface area contributed by atoms with Crippen molar-refractivity contribution >= 4 is 38.6 Å². The van der Waals surface area contributed by atoms with E-state index in [1.165, 1.54) is 66.1 Å². The summed E-state index contributed by atoms with van der Waals surface area (Å²) in [6, 6.07) is 77.8. The fraction of sp³-hybridized carbons (Fsp3) is 0.0196. The van der Waals surface area contributed by atoms with Crippen molar-refractivity contribution in [2.24, 2.45) is 0 Å². The lowest BCUT2D eigenvalue weighted by atomic mass is 9.68. The summed E-state index contributed by atoms with van der Waals surface area (Å²) in [7, 11) is 0. The van der Waals surface area contributed by atoms with Crippen LogP contribution in [0.2, 0.25) is 0 Å². The summed E-state index contributed by atoms with van der Waals surface area (Å²) in [6.45, 7) is 0. The molecule has 0 N–H and O–H groups in total. The highest BCUT2D eigenvalue weighted by atomic mass is 15.1. The summed E-state index contributed by atoms with van der Waals surface area (Å²) in [5.74, 6) is 0.